The number of rotatable bonds is 6. The van der Waals surface area contributed by atoms with E-state index in [1.807, 2.05) is 33.8 Å². The third kappa shape index (κ3) is 9.85. The van der Waals surface area contributed by atoms with Crippen molar-refractivity contribution >= 4 is 23.4 Å². The summed E-state index contributed by atoms with van der Waals surface area (Å²) in [6.45, 7) is 11.2. The highest BCUT2D eigenvalue weighted by Crippen LogP contribution is 2.48. The summed E-state index contributed by atoms with van der Waals surface area (Å²) in [6.07, 6.45) is 1.14. The van der Waals surface area contributed by atoms with Crippen LogP contribution in [0.4, 0.5) is 0 Å². The highest BCUT2D eigenvalue weighted by atomic mass is 16.7. The van der Waals surface area contributed by atoms with Gasteiger partial charge < -0.3 is 48.6 Å². The number of ketones is 2. The molecule has 0 spiro atoms. The van der Waals surface area contributed by atoms with Gasteiger partial charge in [0.05, 0.1) is 42.2 Å². The van der Waals surface area contributed by atoms with E-state index < -0.39 is 89.5 Å². The molecule has 4 aliphatic heterocycles. The predicted octanol–water partition coefficient (Wildman–Crippen LogP) is 3.68. The number of aliphatic hydroxyl groups is 3. The van der Waals surface area contributed by atoms with Gasteiger partial charge in [0, 0.05) is 52.0 Å². The van der Waals surface area contributed by atoms with Crippen LogP contribution in [0.2, 0.25) is 0 Å². The number of carbonyl (C=O) groups is 4. The topological polar surface area (TPSA) is 191 Å². The number of allylic oxidation sites excluding steroid dienone is 1. The van der Waals surface area contributed by atoms with Gasteiger partial charge in [-0.05, 0) is 95.5 Å². The van der Waals surface area contributed by atoms with Crippen LogP contribution in [-0.2, 0) is 47.6 Å². The van der Waals surface area contributed by atoms with Gasteiger partial charge in [-0.3, -0.25) is 14.4 Å². The molecule has 4 saturated heterocycles. The lowest BCUT2D eigenvalue weighted by Crippen LogP contribution is -2.64. The molecule has 0 aromatic rings. The van der Waals surface area contributed by atoms with Crippen molar-refractivity contribution in [2.45, 2.75) is 178 Å². The molecule has 5 aliphatic rings. The molecule has 0 aromatic carbocycles. The molecule has 0 radical (unpaired) electrons. The summed E-state index contributed by atoms with van der Waals surface area (Å²) in [6, 6.07) is -1.14. The van der Waals surface area contributed by atoms with Crippen LogP contribution in [0.15, 0.2) is 11.6 Å². The lowest BCUT2D eigenvalue weighted by Gasteiger charge is -2.47. The lowest BCUT2D eigenvalue weighted by molar-refractivity contribution is -0.302. The first-order valence-electron chi connectivity index (χ1n) is 21.2. The number of epoxide rings is 1. The molecule has 5 fully saturated rings. The average molecular weight is 808 g/mol. The van der Waals surface area contributed by atoms with Crippen LogP contribution >= 0.6 is 0 Å². The second-order valence-electron chi connectivity index (χ2n) is 18.0. The number of hydrogen-bond donors (Lipinski definition) is 3. The van der Waals surface area contributed by atoms with Gasteiger partial charge >= 0.3 is 5.97 Å². The van der Waals surface area contributed by atoms with E-state index in [4.69, 9.17) is 28.4 Å². The summed E-state index contributed by atoms with van der Waals surface area (Å²) >= 11 is 0. The van der Waals surface area contributed by atoms with Crippen LogP contribution in [0, 0.1) is 29.6 Å². The highest BCUT2D eigenvalue weighted by Gasteiger charge is 2.59. The molecule has 16 atom stereocenters. The smallest absolute Gasteiger partial charge is 0.329 e. The summed E-state index contributed by atoms with van der Waals surface area (Å²) in [4.78, 5) is 58.0. The number of nitrogens with zero attached hydrogens (tertiary/aromatic N) is 1. The summed E-state index contributed by atoms with van der Waals surface area (Å²) in [5, 5.41) is 34.2. The number of fused-ring (bicyclic) bond motifs is 4. The van der Waals surface area contributed by atoms with Gasteiger partial charge in [-0.1, -0.05) is 33.8 Å². The fourth-order valence-corrected chi connectivity index (χ4v) is 10.2. The standard InChI is InChI=1S/C43H69NO13/c1-10-28-32(47)21-31(46)26(5)36(24(3)18-27-14-15-30(45)33(20-27)52-7)55-41(50)29-13-11-12-16-44(29)40(49)38(48)43(51)25(4)19-35(54-9)37(56-43)34(53-8)17-23(2)22-42(6)39(28)57-42/h18,23,25-31,33-37,39,45-46,51H,10-17,19-22H2,1-9H3/b24-18+/t23-,25-,26-,27+,28+,29+,30-,31+,33-,34+,35+,36-,37-,39+,42+,43-/m1/s1. The molecule has 0 unspecified atom stereocenters. The van der Waals surface area contributed by atoms with Crippen molar-refractivity contribution in [3.05, 3.63) is 11.6 Å². The Hall–Kier alpha value is -2.30. The first-order chi connectivity index (χ1) is 26.9. The molecular weight excluding hydrogens is 738 g/mol. The molecular formula is C43H69NO13. The molecule has 0 aromatic heterocycles. The van der Waals surface area contributed by atoms with E-state index >= 15 is 0 Å². The molecule has 14 heteroatoms. The molecule has 324 valence electrons. The van der Waals surface area contributed by atoms with E-state index in [1.165, 1.54) is 19.1 Å². The Morgan fingerprint density at radius 1 is 0.895 bits per heavy atom. The van der Waals surface area contributed by atoms with Gasteiger partial charge in [0.1, 0.15) is 24.0 Å². The zero-order valence-electron chi connectivity index (χ0n) is 35.5. The Morgan fingerprint density at radius 2 is 1.56 bits per heavy atom. The van der Waals surface area contributed by atoms with E-state index in [0.29, 0.717) is 56.9 Å². The van der Waals surface area contributed by atoms with E-state index in [-0.39, 0.29) is 55.6 Å². The van der Waals surface area contributed by atoms with Crippen molar-refractivity contribution in [2.75, 3.05) is 27.9 Å². The monoisotopic (exact) mass is 807 g/mol. The third-order valence-electron chi connectivity index (χ3n) is 13.8. The second kappa shape index (κ2) is 19.0. The zero-order valence-corrected chi connectivity index (χ0v) is 35.5. The summed E-state index contributed by atoms with van der Waals surface area (Å²) in [5.41, 5.74) is 0.0521. The Bertz CT molecular complexity index is 1470. The van der Waals surface area contributed by atoms with Crippen LogP contribution < -0.4 is 0 Å². The maximum absolute atomic E-state index is 14.3. The van der Waals surface area contributed by atoms with Crippen LogP contribution in [0.3, 0.4) is 0 Å². The minimum Gasteiger partial charge on any atom is -0.456 e. The summed E-state index contributed by atoms with van der Waals surface area (Å²) in [7, 11) is 4.62. The van der Waals surface area contributed by atoms with Crippen molar-refractivity contribution in [3.8, 4) is 0 Å². The maximum atomic E-state index is 14.3. The van der Waals surface area contributed by atoms with Gasteiger partial charge in [0.2, 0.25) is 5.79 Å². The zero-order chi connectivity index (χ0) is 42.0. The van der Waals surface area contributed by atoms with Crippen LogP contribution in [0.25, 0.3) is 0 Å². The molecule has 3 N–H and O–H groups in total. The number of esters is 1. The van der Waals surface area contributed by atoms with Gasteiger partial charge in [0.15, 0.2) is 0 Å². The molecule has 1 amide bonds. The molecule has 5 rings (SSSR count). The maximum Gasteiger partial charge on any atom is 0.329 e. The van der Waals surface area contributed by atoms with E-state index in [9.17, 15) is 34.5 Å². The molecule has 1 aliphatic carbocycles. The Labute approximate surface area is 338 Å². The Kier molecular flexibility index (Phi) is 15.2. The fourth-order valence-electron chi connectivity index (χ4n) is 10.2. The largest absolute Gasteiger partial charge is 0.456 e. The molecule has 2 bridgehead atoms. The van der Waals surface area contributed by atoms with Crippen molar-refractivity contribution in [3.63, 3.8) is 0 Å². The first kappa shape index (κ1) is 45.8. The SMILES string of the molecule is CC[C@H]1C(=O)C[C@H](O)[C@@H](C)[C@@H](/C(C)=C/[C@@H]2CC[C@@H](O)[C@H](OC)C2)OC(=O)[C@@H]2CCCCN2C(=O)C(=O)[C@]2(O)O[C@H]([C@@H](OC)C[C@@H](C)C[C@]3(C)O[C@@H]13)[C@@H](OC)C[C@H]2C. The van der Waals surface area contributed by atoms with Gasteiger partial charge in [-0.15, -0.1) is 0 Å². The van der Waals surface area contributed by atoms with Gasteiger partial charge in [0.25, 0.3) is 11.7 Å². The third-order valence-corrected chi connectivity index (χ3v) is 13.8. The highest BCUT2D eigenvalue weighted by molar-refractivity contribution is 6.39. The molecule has 57 heavy (non-hydrogen) atoms. The van der Waals surface area contributed by atoms with Crippen LogP contribution in [0.1, 0.15) is 112 Å². The van der Waals surface area contributed by atoms with Gasteiger partial charge in [-0.25, -0.2) is 4.79 Å². The minimum atomic E-state index is -2.51. The first-order valence-corrected chi connectivity index (χ1v) is 21.2. The normalized spacial score (nSPS) is 44.7. The Balaban J connectivity index is 1.52. The van der Waals surface area contributed by atoms with Crippen LogP contribution in [-0.4, -0.2) is 138 Å². The second-order valence-corrected chi connectivity index (χ2v) is 18.0. The minimum absolute atomic E-state index is 0.00688. The Morgan fingerprint density at radius 3 is 2.21 bits per heavy atom. The van der Waals surface area contributed by atoms with E-state index in [0.717, 1.165) is 0 Å². The lowest BCUT2D eigenvalue weighted by atomic mass is 9.79. The van der Waals surface area contributed by atoms with E-state index in [2.05, 4.69) is 0 Å². The number of piperidine rings is 1. The van der Waals surface area contributed by atoms with Gasteiger partial charge in [-0.2, -0.15) is 0 Å². The summed E-state index contributed by atoms with van der Waals surface area (Å²) < 4.78 is 36.1. The number of carbonyl (C=O) groups excluding carboxylic acids is 4. The number of amides is 1. The fraction of sp³-hybridized carbons (Fsp3) is 0.860. The average Bonchev–Trinajstić information content (AvgIpc) is 3.84. The van der Waals surface area contributed by atoms with Crippen molar-refractivity contribution in [1.82, 2.24) is 4.90 Å². The molecule has 4 heterocycles. The molecule has 1 saturated carbocycles. The number of hydrogen-bond acceptors (Lipinski definition) is 13. The number of methoxy groups -OCH3 is 3. The number of aliphatic hydroxyl groups excluding tert-OH is 2. The number of ether oxygens (including phenoxy) is 6. The number of Topliss-reactive ketones (excluding diaryl/α,β-unsaturated/α-hetero) is 2. The summed E-state index contributed by atoms with van der Waals surface area (Å²) in [5.74, 6) is -7.65. The molecule has 14 nitrogen and oxygen atoms in total. The van der Waals surface area contributed by atoms with Crippen molar-refractivity contribution in [2.24, 2.45) is 29.6 Å². The quantitative estimate of drug-likeness (QED) is 0.153. The van der Waals surface area contributed by atoms with Crippen molar-refractivity contribution < 1.29 is 62.9 Å². The number of cyclic esters (lactones) is 1. The van der Waals surface area contributed by atoms with Crippen molar-refractivity contribution in [1.29, 1.82) is 0 Å². The van der Waals surface area contributed by atoms with Crippen LogP contribution in [0.5, 0.6) is 0 Å². The van der Waals surface area contributed by atoms with E-state index in [1.54, 1.807) is 21.0 Å². The predicted molar refractivity (Wildman–Crippen MR) is 208 cm³/mol.